The predicted octanol–water partition coefficient (Wildman–Crippen LogP) is 6.08. The van der Waals surface area contributed by atoms with Crippen LogP contribution in [0.25, 0.3) is 5.57 Å². The molecule has 32 heavy (non-hydrogen) atoms. The molecule has 4 nitrogen and oxygen atoms in total. The van der Waals surface area contributed by atoms with Crippen LogP contribution < -0.4 is 4.74 Å². The van der Waals surface area contributed by atoms with E-state index < -0.39 is 0 Å². The van der Waals surface area contributed by atoms with Crippen molar-refractivity contribution in [2.45, 2.75) is 76.9 Å². The lowest BCUT2D eigenvalue weighted by atomic mass is 9.70. The summed E-state index contributed by atoms with van der Waals surface area (Å²) in [5, 5.41) is 11.4. The highest BCUT2D eigenvalue weighted by molar-refractivity contribution is 6.21. The van der Waals surface area contributed by atoms with Crippen molar-refractivity contribution in [3.8, 4) is 11.5 Å². The molecule has 2 aliphatic carbocycles. The monoisotopic (exact) mass is 432 g/mol. The average molecular weight is 433 g/mol. The van der Waals surface area contributed by atoms with Gasteiger partial charge in [0.05, 0.1) is 24.9 Å². The van der Waals surface area contributed by atoms with Gasteiger partial charge in [-0.3, -0.25) is 4.79 Å². The summed E-state index contributed by atoms with van der Waals surface area (Å²) in [5.41, 5.74) is 6.49. The van der Waals surface area contributed by atoms with E-state index in [2.05, 4.69) is 20.4 Å². The standard InChI is InChI=1S/C28H32O4/c1-15-8-5-10-19(32-15)14-18-9-6-11-20-24(18)16(2)23-17(3)25-21(12-7-13-22(25)31-4)28(30)26(23)27(20)29/h7,12-13,15,18-19,29H,3,5-6,8-11,14H2,1-2,4H3/t15-,18?,19?/m0/s1. The van der Waals surface area contributed by atoms with E-state index in [0.717, 1.165) is 66.4 Å². The normalized spacial score (nSPS) is 24.5. The molecule has 0 amide bonds. The molecule has 0 saturated carbocycles. The maximum absolute atomic E-state index is 13.5. The smallest absolute Gasteiger partial charge is 0.198 e. The van der Waals surface area contributed by atoms with Crippen molar-refractivity contribution in [3.63, 3.8) is 0 Å². The van der Waals surface area contributed by atoms with Crippen LogP contribution in [0, 0.1) is 6.92 Å². The Bertz CT molecular complexity index is 1110. The van der Waals surface area contributed by atoms with Crippen LogP contribution in [0.15, 0.2) is 24.8 Å². The van der Waals surface area contributed by atoms with Gasteiger partial charge in [0.25, 0.3) is 0 Å². The van der Waals surface area contributed by atoms with Gasteiger partial charge in [0.1, 0.15) is 11.5 Å². The molecule has 2 aromatic carbocycles. The Morgan fingerprint density at radius 2 is 1.97 bits per heavy atom. The number of aromatic hydroxyl groups is 1. The summed E-state index contributed by atoms with van der Waals surface area (Å²) in [4.78, 5) is 13.5. The van der Waals surface area contributed by atoms with Gasteiger partial charge in [-0.2, -0.15) is 0 Å². The van der Waals surface area contributed by atoms with Crippen LogP contribution in [-0.2, 0) is 11.2 Å². The summed E-state index contributed by atoms with van der Waals surface area (Å²) in [7, 11) is 1.61. The number of hydrogen-bond donors (Lipinski definition) is 1. The van der Waals surface area contributed by atoms with Gasteiger partial charge >= 0.3 is 0 Å². The lowest BCUT2D eigenvalue weighted by Crippen LogP contribution is -2.28. The quantitative estimate of drug-likeness (QED) is 0.545. The second-order valence-electron chi connectivity index (χ2n) is 9.63. The average Bonchev–Trinajstić information content (AvgIpc) is 2.79. The molecule has 3 aliphatic rings. The zero-order valence-electron chi connectivity index (χ0n) is 19.3. The molecule has 1 saturated heterocycles. The van der Waals surface area contributed by atoms with Crippen LogP contribution in [-0.4, -0.2) is 30.2 Å². The molecular formula is C28H32O4. The molecule has 5 rings (SSSR count). The largest absolute Gasteiger partial charge is 0.507 e. The third kappa shape index (κ3) is 3.19. The van der Waals surface area contributed by atoms with Crippen molar-refractivity contribution in [1.29, 1.82) is 0 Å². The number of rotatable bonds is 3. The minimum absolute atomic E-state index is 0.142. The van der Waals surface area contributed by atoms with E-state index >= 15 is 0 Å². The molecule has 2 aromatic rings. The fourth-order valence-electron chi connectivity index (χ4n) is 6.30. The number of carbonyl (C=O) groups excluding carboxylic acids is 1. The highest BCUT2D eigenvalue weighted by Crippen LogP contribution is 2.51. The van der Waals surface area contributed by atoms with Crippen LogP contribution in [0.2, 0.25) is 0 Å². The number of hydrogen-bond acceptors (Lipinski definition) is 4. The predicted molar refractivity (Wildman–Crippen MR) is 126 cm³/mol. The fourth-order valence-corrected chi connectivity index (χ4v) is 6.30. The van der Waals surface area contributed by atoms with Crippen molar-refractivity contribution in [1.82, 2.24) is 0 Å². The molecule has 2 unspecified atom stereocenters. The maximum atomic E-state index is 13.5. The third-order valence-electron chi connectivity index (χ3n) is 7.69. The lowest BCUT2D eigenvalue weighted by molar-refractivity contribution is -0.0468. The van der Waals surface area contributed by atoms with E-state index in [1.54, 1.807) is 13.2 Å². The summed E-state index contributed by atoms with van der Waals surface area (Å²) in [6, 6.07) is 5.48. The van der Waals surface area contributed by atoms with E-state index in [1.807, 2.05) is 12.1 Å². The SMILES string of the molecule is C=C1c2c(OC)cccc2C(=O)c2c(O)c3c(c(C)c21)C(CC1CCC[C@H](C)O1)CCC3. The Morgan fingerprint density at radius 3 is 2.72 bits per heavy atom. The van der Waals surface area contributed by atoms with Crippen molar-refractivity contribution in [3.05, 3.63) is 63.7 Å². The van der Waals surface area contributed by atoms with Gasteiger partial charge in [-0.1, -0.05) is 18.7 Å². The number of ether oxygens (including phenoxy) is 2. The molecule has 0 radical (unpaired) electrons. The molecule has 0 bridgehead atoms. The molecule has 4 heteroatoms. The van der Waals surface area contributed by atoms with Crippen LogP contribution >= 0.6 is 0 Å². The van der Waals surface area contributed by atoms with Crippen molar-refractivity contribution in [2.75, 3.05) is 7.11 Å². The molecule has 168 valence electrons. The van der Waals surface area contributed by atoms with Gasteiger partial charge in [0.2, 0.25) is 0 Å². The van der Waals surface area contributed by atoms with Gasteiger partial charge < -0.3 is 14.6 Å². The first kappa shape index (κ1) is 21.3. The van der Waals surface area contributed by atoms with E-state index in [1.165, 1.54) is 12.0 Å². The van der Waals surface area contributed by atoms with Crippen molar-refractivity contribution >= 4 is 11.4 Å². The Balaban J connectivity index is 1.64. The van der Waals surface area contributed by atoms with E-state index in [0.29, 0.717) is 28.9 Å². The van der Waals surface area contributed by atoms with Gasteiger partial charge in [0.15, 0.2) is 5.78 Å². The van der Waals surface area contributed by atoms with Gasteiger partial charge in [-0.05, 0) is 98.6 Å². The minimum atomic E-state index is -0.142. The summed E-state index contributed by atoms with van der Waals surface area (Å²) in [6.45, 7) is 8.63. The molecule has 0 spiro atoms. The Morgan fingerprint density at radius 1 is 1.16 bits per heavy atom. The Kier molecular flexibility index (Phi) is 5.37. The third-order valence-corrected chi connectivity index (χ3v) is 7.69. The van der Waals surface area contributed by atoms with Gasteiger partial charge in [0, 0.05) is 11.1 Å². The number of carbonyl (C=O) groups is 1. The molecule has 1 fully saturated rings. The first-order valence-corrected chi connectivity index (χ1v) is 11.9. The first-order valence-electron chi connectivity index (χ1n) is 11.9. The first-order chi connectivity index (χ1) is 15.4. The zero-order chi connectivity index (χ0) is 22.6. The van der Waals surface area contributed by atoms with E-state index in [4.69, 9.17) is 9.47 Å². The van der Waals surface area contributed by atoms with Crippen molar-refractivity contribution < 1.29 is 19.4 Å². The Hall–Kier alpha value is -2.59. The minimum Gasteiger partial charge on any atom is -0.507 e. The number of ketones is 1. The summed E-state index contributed by atoms with van der Waals surface area (Å²) in [6.07, 6.45) is 7.90. The lowest BCUT2D eigenvalue weighted by Gasteiger charge is -2.36. The molecule has 3 atom stereocenters. The topological polar surface area (TPSA) is 55.8 Å². The fraction of sp³-hybridized carbons (Fsp3) is 0.464. The molecule has 0 aromatic heterocycles. The van der Waals surface area contributed by atoms with Crippen LogP contribution in [0.4, 0.5) is 0 Å². The van der Waals surface area contributed by atoms with Crippen LogP contribution in [0.3, 0.4) is 0 Å². The summed E-state index contributed by atoms with van der Waals surface area (Å²) < 4.78 is 11.8. The second-order valence-corrected chi connectivity index (χ2v) is 9.63. The molecule has 1 aliphatic heterocycles. The zero-order valence-corrected chi connectivity index (χ0v) is 19.3. The van der Waals surface area contributed by atoms with Gasteiger partial charge in [-0.25, -0.2) is 0 Å². The van der Waals surface area contributed by atoms with Crippen LogP contribution in [0.5, 0.6) is 11.5 Å². The number of fused-ring (bicyclic) bond motifs is 3. The van der Waals surface area contributed by atoms with Crippen LogP contribution in [0.1, 0.15) is 95.1 Å². The number of phenolic OH excluding ortho intramolecular Hbond substituents is 1. The number of methoxy groups -OCH3 is 1. The molecule has 1 heterocycles. The second kappa shape index (κ2) is 8.08. The maximum Gasteiger partial charge on any atom is 0.198 e. The molecule has 1 N–H and O–H groups in total. The Labute approximate surface area is 190 Å². The molecular weight excluding hydrogens is 400 g/mol. The van der Waals surface area contributed by atoms with Gasteiger partial charge in [-0.15, -0.1) is 0 Å². The van der Waals surface area contributed by atoms with E-state index in [9.17, 15) is 9.90 Å². The number of benzene rings is 2. The highest BCUT2D eigenvalue weighted by atomic mass is 16.5. The van der Waals surface area contributed by atoms with Crippen molar-refractivity contribution in [2.24, 2.45) is 0 Å². The number of phenols is 1. The summed E-state index contributed by atoms with van der Waals surface area (Å²) >= 11 is 0. The highest BCUT2D eigenvalue weighted by Gasteiger charge is 2.38. The van der Waals surface area contributed by atoms with E-state index in [-0.39, 0.29) is 17.6 Å². The summed E-state index contributed by atoms with van der Waals surface area (Å²) in [5.74, 6) is 0.982.